The fourth-order valence-corrected chi connectivity index (χ4v) is 3.54. The highest BCUT2D eigenvalue weighted by molar-refractivity contribution is 6.30. The van der Waals surface area contributed by atoms with E-state index in [1.54, 1.807) is 55.5 Å². The van der Waals surface area contributed by atoms with Crippen LogP contribution in [0.2, 0.25) is 5.02 Å². The third-order valence-electron chi connectivity index (χ3n) is 4.48. The molecule has 1 aliphatic heterocycles. The van der Waals surface area contributed by atoms with Gasteiger partial charge in [0.1, 0.15) is 12.1 Å². The average Bonchev–Trinajstić information content (AvgIpc) is 2.62. The zero-order valence-corrected chi connectivity index (χ0v) is 15.3. The highest BCUT2D eigenvalue weighted by atomic mass is 35.5. The van der Waals surface area contributed by atoms with Gasteiger partial charge in [-0.15, -0.1) is 0 Å². The van der Waals surface area contributed by atoms with Crippen molar-refractivity contribution in [2.24, 2.45) is 0 Å². The summed E-state index contributed by atoms with van der Waals surface area (Å²) in [4.78, 5) is 13.5. The van der Waals surface area contributed by atoms with Crippen LogP contribution in [0.3, 0.4) is 0 Å². The Morgan fingerprint density at radius 3 is 2.52 bits per heavy atom. The average molecular weight is 399 g/mol. The van der Waals surface area contributed by atoms with E-state index in [2.05, 4.69) is 5.32 Å². The summed E-state index contributed by atoms with van der Waals surface area (Å²) < 4.78 is 45.7. The molecule has 8 heteroatoms. The van der Waals surface area contributed by atoms with Crippen LogP contribution in [0.1, 0.15) is 18.1 Å². The maximum atomic E-state index is 13.4. The van der Waals surface area contributed by atoms with E-state index in [9.17, 15) is 18.0 Å². The topological polar surface area (TPSA) is 41.6 Å². The van der Waals surface area contributed by atoms with Gasteiger partial charge in [-0.1, -0.05) is 41.9 Å². The molecule has 0 saturated heterocycles. The first-order valence-corrected chi connectivity index (χ1v) is 8.74. The lowest BCUT2D eigenvalue weighted by Gasteiger charge is -2.48. The Bertz CT molecular complexity index is 829. The molecule has 0 radical (unpaired) electrons. The van der Waals surface area contributed by atoms with Crippen molar-refractivity contribution in [3.63, 3.8) is 0 Å². The van der Waals surface area contributed by atoms with Crippen LogP contribution in [0.4, 0.5) is 23.7 Å². The Morgan fingerprint density at radius 2 is 1.89 bits per heavy atom. The summed E-state index contributed by atoms with van der Waals surface area (Å²) in [6.07, 6.45) is -4.58. The van der Waals surface area contributed by atoms with Crippen LogP contribution < -0.4 is 5.32 Å². The highest BCUT2D eigenvalue weighted by Crippen LogP contribution is 2.45. The van der Waals surface area contributed by atoms with E-state index in [1.807, 2.05) is 0 Å². The largest absolute Gasteiger partial charge is 0.406 e. The molecule has 2 aromatic carbocycles. The van der Waals surface area contributed by atoms with E-state index < -0.39 is 24.3 Å². The number of benzene rings is 2. The van der Waals surface area contributed by atoms with E-state index in [4.69, 9.17) is 16.3 Å². The van der Waals surface area contributed by atoms with Crippen LogP contribution in [0.5, 0.6) is 0 Å². The van der Waals surface area contributed by atoms with Crippen molar-refractivity contribution in [1.82, 2.24) is 4.90 Å². The number of rotatable bonds is 5. The first-order valence-electron chi connectivity index (χ1n) is 8.36. The molecule has 0 fully saturated rings. The number of hydrogen-bond acceptors (Lipinski definition) is 2. The smallest absolute Gasteiger partial charge is 0.379 e. The lowest BCUT2D eigenvalue weighted by Crippen LogP contribution is -2.60. The Kier molecular flexibility index (Phi) is 5.35. The molecule has 0 saturated carbocycles. The van der Waals surface area contributed by atoms with E-state index >= 15 is 0 Å². The molecule has 4 nitrogen and oxygen atoms in total. The molecule has 0 bridgehead atoms. The number of nitrogens with zero attached hydrogens (tertiary/aromatic N) is 1. The lowest BCUT2D eigenvalue weighted by molar-refractivity contribution is -0.152. The van der Waals surface area contributed by atoms with Crippen molar-refractivity contribution in [3.8, 4) is 0 Å². The fraction of sp³-hybridized carbons (Fsp3) is 0.316. The first-order chi connectivity index (χ1) is 12.8. The van der Waals surface area contributed by atoms with Gasteiger partial charge in [-0.25, -0.2) is 4.79 Å². The number of anilines is 1. The summed E-state index contributed by atoms with van der Waals surface area (Å²) >= 11 is 6.15. The number of carbonyl (C=O) groups is 1. The number of urea groups is 1. The van der Waals surface area contributed by atoms with Crippen molar-refractivity contribution in [2.75, 3.05) is 25.1 Å². The molecule has 27 heavy (non-hydrogen) atoms. The second kappa shape index (κ2) is 7.40. The van der Waals surface area contributed by atoms with Crippen LogP contribution in [-0.4, -0.2) is 36.9 Å². The molecule has 1 N–H and O–H groups in total. The number of alkyl halides is 3. The molecule has 1 heterocycles. The quantitative estimate of drug-likeness (QED) is 0.767. The Balaban J connectivity index is 2.30. The molecule has 0 aromatic heterocycles. The minimum atomic E-state index is -4.58. The van der Waals surface area contributed by atoms with Crippen LogP contribution in [0, 0.1) is 0 Å². The zero-order valence-electron chi connectivity index (χ0n) is 14.5. The summed E-state index contributed by atoms with van der Waals surface area (Å²) in [5.41, 5.74) is -0.0824. The van der Waals surface area contributed by atoms with E-state index in [0.29, 0.717) is 21.8 Å². The van der Waals surface area contributed by atoms with Crippen LogP contribution in [0.25, 0.3) is 0 Å². The third kappa shape index (κ3) is 3.75. The molecular formula is C19H18ClF3N2O2. The minimum absolute atomic E-state index is 0.135. The molecule has 144 valence electrons. The molecule has 2 aromatic rings. The molecular weight excluding hydrogens is 381 g/mol. The van der Waals surface area contributed by atoms with Gasteiger partial charge in [0.15, 0.2) is 0 Å². The van der Waals surface area contributed by atoms with Gasteiger partial charge in [-0.05, 0) is 30.7 Å². The summed E-state index contributed by atoms with van der Waals surface area (Å²) in [6, 6.07) is 12.5. The molecule has 3 rings (SSSR count). The van der Waals surface area contributed by atoms with Gasteiger partial charge < -0.3 is 10.1 Å². The summed E-state index contributed by atoms with van der Waals surface area (Å²) in [7, 11) is 0. The second-order valence-electron chi connectivity index (χ2n) is 6.18. The van der Waals surface area contributed by atoms with Crippen molar-refractivity contribution in [3.05, 3.63) is 64.7 Å². The summed E-state index contributed by atoms with van der Waals surface area (Å²) in [5.74, 6) is 0. The van der Waals surface area contributed by atoms with Gasteiger partial charge in [0.05, 0.1) is 6.61 Å². The fourth-order valence-electron chi connectivity index (χ4n) is 3.37. The molecule has 2 amide bonds. The van der Waals surface area contributed by atoms with E-state index in [1.165, 1.54) is 0 Å². The summed E-state index contributed by atoms with van der Waals surface area (Å²) in [6.45, 7) is 0.470. The van der Waals surface area contributed by atoms with Gasteiger partial charge in [0.25, 0.3) is 0 Å². The maximum absolute atomic E-state index is 13.4. The van der Waals surface area contributed by atoms with Gasteiger partial charge in [0, 0.05) is 22.9 Å². The minimum Gasteiger partial charge on any atom is -0.379 e. The third-order valence-corrected chi connectivity index (χ3v) is 4.71. The van der Waals surface area contributed by atoms with Crippen molar-refractivity contribution in [2.45, 2.75) is 18.6 Å². The number of carbonyl (C=O) groups excluding carboxylic acids is 1. The predicted octanol–water partition coefficient (Wildman–Crippen LogP) is 5.03. The van der Waals surface area contributed by atoms with Gasteiger partial charge in [0.2, 0.25) is 0 Å². The predicted molar refractivity (Wildman–Crippen MR) is 96.9 cm³/mol. The van der Waals surface area contributed by atoms with Gasteiger partial charge in [-0.2, -0.15) is 13.2 Å². The number of halogens is 4. The van der Waals surface area contributed by atoms with Gasteiger partial charge in [-0.3, -0.25) is 4.90 Å². The number of ether oxygens (including phenoxy) is 1. The SMILES string of the molecule is CCOCC1(c2ccccc2)c2cc(Cl)ccc2NC(=O)N1CC(F)(F)F. The number of amides is 2. The molecule has 1 aliphatic rings. The van der Waals surface area contributed by atoms with Crippen molar-refractivity contribution < 1.29 is 22.7 Å². The van der Waals surface area contributed by atoms with E-state index in [-0.39, 0.29) is 13.2 Å². The molecule has 0 aliphatic carbocycles. The normalized spacial score (nSPS) is 19.6. The number of hydrogen-bond donors (Lipinski definition) is 1. The van der Waals surface area contributed by atoms with Crippen molar-refractivity contribution in [1.29, 1.82) is 0 Å². The second-order valence-corrected chi connectivity index (χ2v) is 6.62. The monoisotopic (exact) mass is 398 g/mol. The highest BCUT2D eigenvalue weighted by Gasteiger charge is 2.51. The summed E-state index contributed by atoms with van der Waals surface area (Å²) in [5, 5.41) is 2.89. The number of nitrogens with one attached hydrogen (secondary N) is 1. The Morgan fingerprint density at radius 1 is 1.19 bits per heavy atom. The molecule has 1 unspecified atom stereocenters. The van der Waals surface area contributed by atoms with Crippen molar-refractivity contribution >= 4 is 23.3 Å². The molecule has 1 atom stereocenters. The van der Waals surface area contributed by atoms with Crippen LogP contribution in [0.15, 0.2) is 48.5 Å². The van der Waals surface area contributed by atoms with E-state index in [0.717, 1.165) is 4.90 Å². The van der Waals surface area contributed by atoms with Crippen LogP contribution >= 0.6 is 11.6 Å². The van der Waals surface area contributed by atoms with Gasteiger partial charge >= 0.3 is 12.2 Å². The Labute approximate surface area is 159 Å². The standard InChI is InChI=1S/C19H18ClF3N2O2/c1-2-27-12-18(13-6-4-3-5-7-13)15-10-14(20)8-9-16(15)24-17(26)25(18)11-19(21,22)23/h3-10H,2,11-12H2,1H3,(H,24,26). The molecule has 0 spiro atoms. The lowest BCUT2D eigenvalue weighted by atomic mass is 9.79. The van der Waals surface area contributed by atoms with Crippen LogP contribution in [-0.2, 0) is 10.3 Å². The number of fused-ring (bicyclic) bond motifs is 1. The Hall–Kier alpha value is -2.25. The first kappa shape index (κ1) is 19.5. The zero-order chi connectivity index (χ0) is 19.7. The maximum Gasteiger partial charge on any atom is 0.406 e.